The molecule has 1 aromatic carbocycles. The maximum absolute atomic E-state index is 11.8. The van der Waals surface area contributed by atoms with E-state index in [1.807, 2.05) is 4.72 Å². The Balaban J connectivity index is 2.39. The Morgan fingerprint density at radius 3 is 2.48 bits per heavy atom. The van der Waals surface area contributed by atoms with E-state index in [1.165, 1.54) is 10.7 Å². The topological polar surface area (TPSA) is 81.1 Å². The summed E-state index contributed by atoms with van der Waals surface area (Å²) in [6.07, 6.45) is 0.897. The first-order chi connectivity index (χ1) is 9.67. The summed E-state index contributed by atoms with van der Waals surface area (Å²) < 4.78 is 25.5. The van der Waals surface area contributed by atoms with E-state index >= 15 is 0 Å². The van der Waals surface area contributed by atoms with E-state index in [1.54, 1.807) is 25.1 Å². The van der Waals surface area contributed by atoms with E-state index in [4.69, 9.17) is 23.2 Å². The molecule has 2 rings (SSSR count). The number of aryl methyl sites for hydroxylation is 1. The number of amides is 1. The number of nitrogens with one attached hydrogen (secondary N) is 1. The van der Waals surface area contributed by atoms with Crippen molar-refractivity contribution in [1.82, 2.24) is 14.5 Å². The molecule has 1 amide bonds. The van der Waals surface area contributed by atoms with Gasteiger partial charge in [0.1, 0.15) is 0 Å². The molecule has 21 heavy (non-hydrogen) atoms. The molecule has 0 radical (unpaired) electrons. The number of nitrogens with zero attached hydrogens (tertiary/aromatic N) is 2. The van der Waals surface area contributed by atoms with E-state index in [-0.39, 0.29) is 5.69 Å². The van der Waals surface area contributed by atoms with Gasteiger partial charge in [-0.1, -0.05) is 23.2 Å². The molecule has 1 aromatic heterocycles. The Morgan fingerprint density at radius 2 is 1.90 bits per heavy atom. The highest BCUT2D eigenvalue weighted by Crippen LogP contribution is 2.25. The second-order valence-corrected chi connectivity index (χ2v) is 6.95. The molecule has 0 saturated carbocycles. The van der Waals surface area contributed by atoms with E-state index in [0.717, 1.165) is 6.26 Å². The molecule has 0 spiro atoms. The molecule has 0 atom stereocenters. The molecule has 0 saturated heterocycles. The van der Waals surface area contributed by atoms with Gasteiger partial charge in [-0.3, -0.25) is 4.79 Å². The maximum Gasteiger partial charge on any atom is 0.285 e. The Hall–Kier alpha value is -1.57. The molecule has 1 N–H and O–H groups in total. The predicted molar refractivity (Wildman–Crippen MR) is 80.6 cm³/mol. The van der Waals surface area contributed by atoms with Crippen molar-refractivity contribution >= 4 is 39.1 Å². The van der Waals surface area contributed by atoms with E-state index in [0.29, 0.717) is 21.4 Å². The zero-order valence-electron chi connectivity index (χ0n) is 11.1. The number of halogens is 2. The molecule has 0 aliphatic carbocycles. The van der Waals surface area contributed by atoms with Crippen LogP contribution in [0.5, 0.6) is 0 Å². The third-order valence-electron chi connectivity index (χ3n) is 2.55. The van der Waals surface area contributed by atoms with Gasteiger partial charge >= 0.3 is 0 Å². The first kappa shape index (κ1) is 15.8. The summed E-state index contributed by atoms with van der Waals surface area (Å²) in [5.41, 5.74) is 1.25. The standard InChI is InChI=1S/C12H11Cl2N3O3S/c1-7-5-11(12(18)16-21(2,19)20)15-17(7)8-3-4-9(13)10(14)6-8/h3-6H,1-2H3,(H,16,18). The first-order valence-corrected chi connectivity index (χ1v) is 8.36. The minimum absolute atomic E-state index is 0.0102. The van der Waals surface area contributed by atoms with Gasteiger partial charge in [0, 0.05) is 5.69 Å². The number of benzene rings is 1. The molecule has 0 aliphatic heterocycles. The van der Waals surface area contributed by atoms with E-state index in [2.05, 4.69) is 5.10 Å². The van der Waals surface area contributed by atoms with Crippen molar-refractivity contribution in [2.75, 3.05) is 6.26 Å². The number of hydrogen-bond donors (Lipinski definition) is 1. The maximum atomic E-state index is 11.8. The second kappa shape index (κ2) is 5.67. The fourth-order valence-electron chi connectivity index (χ4n) is 1.68. The van der Waals surface area contributed by atoms with Crippen LogP contribution in [-0.4, -0.2) is 30.4 Å². The molecule has 6 nitrogen and oxygen atoms in total. The fraction of sp³-hybridized carbons (Fsp3) is 0.167. The van der Waals surface area contributed by atoms with Crippen LogP contribution in [0.2, 0.25) is 10.0 Å². The number of sulfonamides is 1. The molecular formula is C12H11Cl2N3O3S. The summed E-state index contributed by atoms with van der Waals surface area (Å²) in [5, 5.41) is 4.83. The van der Waals surface area contributed by atoms with E-state index < -0.39 is 15.9 Å². The third kappa shape index (κ3) is 3.75. The monoisotopic (exact) mass is 347 g/mol. The van der Waals surface area contributed by atoms with Gasteiger partial charge in [0.05, 0.1) is 22.0 Å². The van der Waals surface area contributed by atoms with Crippen LogP contribution in [-0.2, 0) is 10.0 Å². The molecule has 0 fully saturated rings. The number of carbonyl (C=O) groups is 1. The fourth-order valence-corrected chi connectivity index (χ4v) is 2.42. The molecule has 1 heterocycles. The number of aromatic nitrogens is 2. The zero-order chi connectivity index (χ0) is 15.8. The quantitative estimate of drug-likeness (QED) is 0.922. The summed E-state index contributed by atoms with van der Waals surface area (Å²) in [6.45, 7) is 1.73. The lowest BCUT2D eigenvalue weighted by atomic mass is 10.3. The molecule has 0 aliphatic rings. The van der Waals surface area contributed by atoms with Gasteiger partial charge in [-0.05, 0) is 31.2 Å². The lowest BCUT2D eigenvalue weighted by molar-refractivity contribution is 0.0976. The van der Waals surface area contributed by atoms with Gasteiger partial charge in [-0.25, -0.2) is 17.8 Å². The molecule has 0 bridgehead atoms. The predicted octanol–water partition coefficient (Wildman–Crippen LogP) is 2.18. The Bertz CT molecular complexity index is 815. The zero-order valence-corrected chi connectivity index (χ0v) is 13.4. The second-order valence-electron chi connectivity index (χ2n) is 4.38. The number of rotatable bonds is 3. The minimum Gasteiger partial charge on any atom is -0.266 e. The summed E-state index contributed by atoms with van der Waals surface area (Å²) in [7, 11) is -3.64. The highest BCUT2D eigenvalue weighted by Gasteiger charge is 2.16. The van der Waals surface area contributed by atoms with Crippen molar-refractivity contribution in [3.63, 3.8) is 0 Å². The van der Waals surface area contributed by atoms with Gasteiger partial charge in [-0.15, -0.1) is 0 Å². The summed E-state index contributed by atoms with van der Waals surface area (Å²) >= 11 is 11.8. The summed E-state index contributed by atoms with van der Waals surface area (Å²) in [4.78, 5) is 11.8. The molecular weight excluding hydrogens is 337 g/mol. The average molecular weight is 348 g/mol. The van der Waals surface area contributed by atoms with Crippen molar-refractivity contribution in [2.45, 2.75) is 6.92 Å². The average Bonchev–Trinajstić information content (AvgIpc) is 2.73. The minimum atomic E-state index is -3.64. The van der Waals surface area contributed by atoms with Crippen LogP contribution >= 0.6 is 23.2 Å². The largest absolute Gasteiger partial charge is 0.285 e. The lowest BCUT2D eigenvalue weighted by Gasteiger charge is -2.05. The van der Waals surface area contributed by atoms with Gasteiger partial charge < -0.3 is 0 Å². The van der Waals surface area contributed by atoms with Crippen LogP contribution in [0.25, 0.3) is 5.69 Å². The normalized spacial score (nSPS) is 11.4. The van der Waals surface area contributed by atoms with Gasteiger partial charge in [0.2, 0.25) is 10.0 Å². The molecule has 112 valence electrons. The smallest absolute Gasteiger partial charge is 0.266 e. The molecule has 2 aromatic rings. The highest BCUT2D eigenvalue weighted by molar-refractivity contribution is 7.89. The van der Waals surface area contributed by atoms with Crippen molar-refractivity contribution in [3.05, 3.63) is 45.7 Å². The SMILES string of the molecule is Cc1cc(C(=O)NS(C)(=O)=O)nn1-c1ccc(Cl)c(Cl)c1. The Kier molecular flexibility index (Phi) is 4.27. The van der Waals surface area contributed by atoms with Gasteiger partial charge in [-0.2, -0.15) is 5.10 Å². The summed E-state index contributed by atoms with van der Waals surface area (Å²) in [5.74, 6) is -0.792. The Labute approximate surface area is 131 Å². The van der Waals surface area contributed by atoms with E-state index in [9.17, 15) is 13.2 Å². The van der Waals surface area contributed by atoms with Crippen molar-refractivity contribution in [2.24, 2.45) is 0 Å². The summed E-state index contributed by atoms with van der Waals surface area (Å²) in [6, 6.07) is 6.37. The van der Waals surface area contributed by atoms with Crippen molar-refractivity contribution in [1.29, 1.82) is 0 Å². The van der Waals surface area contributed by atoms with Gasteiger partial charge in [0.25, 0.3) is 5.91 Å². The first-order valence-electron chi connectivity index (χ1n) is 5.71. The molecule has 0 unspecified atom stereocenters. The number of carbonyl (C=O) groups excluding carboxylic acids is 1. The van der Waals surface area contributed by atoms with Crippen molar-refractivity contribution in [3.8, 4) is 5.69 Å². The molecule has 9 heteroatoms. The van der Waals surface area contributed by atoms with Crippen LogP contribution < -0.4 is 4.72 Å². The van der Waals surface area contributed by atoms with Crippen LogP contribution in [0.1, 0.15) is 16.2 Å². The van der Waals surface area contributed by atoms with Crippen LogP contribution in [0.3, 0.4) is 0 Å². The van der Waals surface area contributed by atoms with Gasteiger partial charge in [0.15, 0.2) is 5.69 Å². The highest BCUT2D eigenvalue weighted by atomic mass is 35.5. The lowest BCUT2D eigenvalue weighted by Crippen LogP contribution is -2.29. The van der Waals surface area contributed by atoms with Crippen LogP contribution in [0, 0.1) is 6.92 Å². The van der Waals surface area contributed by atoms with Crippen molar-refractivity contribution < 1.29 is 13.2 Å². The third-order valence-corrected chi connectivity index (χ3v) is 3.84. The van der Waals surface area contributed by atoms with Crippen LogP contribution in [0.15, 0.2) is 24.3 Å². The number of hydrogen-bond acceptors (Lipinski definition) is 4. The Morgan fingerprint density at radius 1 is 1.24 bits per heavy atom. The van der Waals surface area contributed by atoms with Crippen LogP contribution in [0.4, 0.5) is 0 Å².